The minimum Gasteiger partial charge on any atom is -0.350 e. The van der Waals surface area contributed by atoms with E-state index in [-0.39, 0.29) is 11.9 Å². The predicted molar refractivity (Wildman–Crippen MR) is 68.4 cm³/mol. The Bertz CT molecular complexity index is 298. The molecule has 0 bridgehead atoms. The van der Waals surface area contributed by atoms with Crippen LogP contribution in [0.3, 0.4) is 0 Å². The normalized spacial score (nSPS) is 12.4. The molecule has 1 rings (SSSR count). The number of thiophene rings is 1. The van der Waals surface area contributed by atoms with E-state index in [0.29, 0.717) is 13.0 Å². The van der Waals surface area contributed by atoms with E-state index in [1.54, 1.807) is 11.3 Å². The quantitative estimate of drug-likeness (QED) is 0.719. The van der Waals surface area contributed by atoms with Crippen LogP contribution in [0.5, 0.6) is 0 Å². The third kappa shape index (κ3) is 4.77. The molecule has 0 aliphatic rings. The van der Waals surface area contributed by atoms with Crippen molar-refractivity contribution < 1.29 is 4.79 Å². The zero-order chi connectivity index (χ0) is 11.8. The van der Waals surface area contributed by atoms with E-state index in [4.69, 9.17) is 5.73 Å². The lowest BCUT2D eigenvalue weighted by atomic mass is 10.1. The van der Waals surface area contributed by atoms with Gasteiger partial charge in [0.05, 0.1) is 6.04 Å². The van der Waals surface area contributed by atoms with E-state index in [0.717, 1.165) is 19.3 Å². The molecule has 1 atom stereocenters. The van der Waals surface area contributed by atoms with E-state index < -0.39 is 0 Å². The van der Waals surface area contributed by atoms with E-state index in [2.05, 4.69) is 10.7 Å². The highest BCUT2D eigenvalue weighted by molar-refractivity contribution is 7.07. The third-order valence-electron chi connectivity index (χ3n) is 2.53. The smallest absolute Gasteiger partial charge is 0.220 e. The number of rotatable bonds is 7. The first kappa shape index (κ1) is 13.2. The molecule has 3 N–H and O–H groups in total. The Hall–Kier alpha value is -0.870. The monoisotopic (exact) mass is 240 g/mol. The van der Waals surface area contributed by atoms with Gasteiger partial charge in [0.25, 0.3) is 0 Å². The number of hydrogen-bond donors (Lipinski definition) is 2. The fourth-order valence-corrected chi connectivity index (χ4v) is 2.28. The molecule has 0 radical (unpaired) electrons. The van der Waals surface area contributed by atoms with Crippen molar-refractivity contribution in [3.8, 4) is 0 Å². The van der Waals surface area contributed by atoms with Gasteiger partial charge in [-0.25, -0.2) is 0 Å². The number of hydrogen-bond acceptors (Lipinski definition) is 3. The van der Waals surface area contributed by atoms with Crippen LogP contribution in [0.25, 0.3) is 0 Å². The highest BCUT2D eigenvalue weighted by atomic mass is 32.1. The third-order valence-corrected chi connectivity index (χ3v) is 3.23. The molecule has 4 heteroatoms. The van der Waals surface area contributed by atoms with Crippen molar-refractivity contribution >= 4 is 17.2 Å². The van der Waals surface area contributed by atoms with Gasteiger partial charge in [0.15, 0.2) is 0 Å². The zero-order valence-corrected chi connectivity index (χ0v) is 10.6. The van der Waals surface area contributed by atoms with Crippen LogP contribution in [-0.4, -0.2) is 12.5 Å². The molecule has 0 aromatic carbocycles. The van der Waals surface area contributed by atoms with Crippen molar-refractivity contribution in [3.63, 3.8) is 0 Å². The molecule has 1 unspecified atom stereocenters. The number of amides is 1. The van der Waals surface area contributed by atoms with Crippen LogP contribution < -0.4 is 11.1 Å². The summed E-state index contributed by atoms with van der Waals surface area (Å²) in [6.07, 6.45) is 3.58. The van der Waals surface area contributed by atoms with Crippen molar-refractivity contribution in [2.24, 2.45) is 5.73 Å². The van der Waals surface area contributed by atoms with Gasteiger partial charge in [-0.3, -0.25) is 4.79 Å². The van der Waals surface area contributed by atoms with E-state index >= 15 is 0 Å². The summed E-state index contributed by atoms with van der Waals surface area (Å²) in [5.41, 5.74) is 6.57. The fraction of sp³-hybridized carbons (Fsp3) is 0.583. The molecule has 90 valence electrons. The lowest BCUT2D eigenvalue weighted by Gasteiger charge is -2.12. The second-order valence-electron chi connectivity index (χ2n) is 3.95. The van der Waals surface area contributed by atoms with Crippen LogP contribution in [0.4, 0.5) is 0 Å². The zero-order valence-electron chi connectivity index (χ0n) is 9.74. The maximum absolute atomic E-state index is 11.6. The first-order chi connectivity index (χ1) is 7.74. The molecular formula is C12H20N2OS. The summed E-state index contributed by atoms with van der Waals surface area (Å²) in [7, 11) is 0. The molecule has 1 heterocycles. The Balaban J connectivity index is 2.19. The Morgan fingerprint density at radius 3 is 2.94 bits per heavy atom. The van der Waals surface area contributed by atoms with Crippen LogP contribution in [0.1, 0.15) is 44.2 Å². The predicted octanol–water partition coefficient (Wildman–Crippen LogP) is 2.44. The van der Waals surface area contributed by atoms with Crippen LogP contribution in [0, 0.1) is 0 Å². The second kappa shape index (κ2) is 7.41. The van der Waals surface area contributed by atoms with Crippen molar-refractivity contribution in [1.29, 1.82) is 0 Å². The first-order valence-electron chi connectivity index (χ1n) is 5.75. The SMILES string of the molecule is CC(NC(=O)CCCCCN)c1ccsc1. The van der Waals surface area contributed by atoms with Gasteiger partial charge in [-0.2, -0.15) is 11.3 Å². The molecule has 0 saturated carbocycles. The molecule has 3 nitrogen and oxygen atoms in total. The summed E-state index contributed by atoms with van der Waals surface area (Å²) in [5, 5.41) is 7.09. The minimum absolute atomic E-state index is 0.119. The largest absolute Gasteiger partial charge is 0.350 e. The molecule has 0 saturated heterocycles. The van der Waals surface area contributed by atoms with Crippen molar-refractivity contribution in [2.45, 2.75) is 38.6 Å². The fourth-order valence-electron chi connectivity index (χ4n) is 1.53. The molecular weight excluding hydrogens is 220 g/mol. The number of unbranched alkanes of at least 4 members (excludes halogenated alkanes) is 2. The number of nitrogens with two attached hydrogens (primary N) is 1. The van der Waals surface area contributed by atoms with Gasteiger partial charge in [-0.15, -0.1) is 0 Å². The number of carbonyl (C=O) groups is 1. The van der Waals surface area contributed by atoms with Gasteiger partial charge in [0.2, 0.25) is 5.91 Å². The maximum atomic E-state index is 11.6. The summed E-state index contributed by atoms with van der Waals surface area (Å²) in [6.45, 7) is 2.73. The highest BCUT2D eigenvalue weighted by Crippen LogP contribution is 2.15. The topological polar surface area (TPSA) is 55.1 Å². The lowest BCUT2D eigenvalue weighted by molar-refractivity contribution is -0.121. The summed E-state index contributed by atoms with van der Waals surface area (Å²) < 4.78 is 0. The highest BCUT2D eigenvalue weighted by Gasteiger charge is 2.08. The minimum atomic E-state index is 0.119. The van der Waals surface area contributed by atoms with Gasteiger partial charge in [0.1, 0.15) is 0 Å². The number of nitrogens with one attached hydrogen (secondary N) is 1. The van der Waals surface area contributed by atoms with Gasteiger partial charge in [0, 0.05) is 6.42 Å². The van der Waals surface area contributed by atoms with Crippen molar-refractivity contribution in [3.05, 3.63) is 22.4 Å². The van der Waals surface area contributed by atoms with Gasteiger partial charge < -0.3 is 11.1 Å². The van der Waals surface area contributed by atoms with E-state index in [1.165, 1.54) is 5.56 Å². The summed E-state index contributed by atoms with van der Waals surface area (Å²) in [5.74, 6) is 0.135. The molecule has 0 spiro atoms. The Labute approximate surface area is 101 Å². The van der Waals surface area contributed by atoms with Crippen LogP contribution in [0.15, 0.2) is 16.8 Å². The van der Waals surface area contributed by atoms with Gasteiger partial charge in [-0.05, 0) is 48.7 Å². The van der Waals surface area contributed by atoms with Crippen molar-refractivity contribution in [1.82, 2.24) is 5.32 Å². The molecule has 0 aliphatic carbocycles. The molecule has 16 heavy (non-hydrogen) atoms. The van der Waals surface area contributed by atoms with E-state index in [1.807, 2.05) is 18.4 Å². The Morgan fingerprint density at radius 2 is 2.31 bits per heavy atom. The van der Waals surface area contributed by atoms with E-state index in [9.17, 15) is 4.79 Å². The summed E-state index contributed by atoms with van der Waals surface area (Å²) in [6, 6.07) is 2.16. The second-order valence-corrected chi connectivity index (χ2v) is 4.73. The molecule has 1 aromatic rings. The summed E-state index contributed by atoms with van der Waals surface area (Å²) >= 11 is 1.65. The van der Waals surface area contributed by atoms with Crippen LogP contribution in [0.2, 0.25) is 0 Å². The maximum Gasteiger partial charge on any atom is 0.220 e. The van der Waals surface area contributed by atoms with Gasteiger partial charge >= 0.3 is 0 Å². The van der Waals surface area contributed by atoms with Crippen molar-refractivity contribution in [2.75, 3.05) is 6.54 Å². The molecule has 0 fully saturated rings. The first-order valence-corrected chi connectivity index (χ1v) is 6.70. The standard InChI is InChI=1S/C12H20N2OS/c1-10(11-6-8-16-9-11)14-12(15)5-3-2-4-7-13/h6,8-10H,2-5,7,13H2,1H3,(H,14,15). The van der Waals surface area contributed by atoms with Crippen LogP contribution >= 0.6 is 11.3 Å². The Morgan fingerprint density at radius 1 is 1.50 bits per heavy atom. The number of carbonyl (C=O) groups excluding carboxylic acids is 1. The lowest BCUT2D eigenvalue weighted by Crippen LogP contribution is -2.25. The molecule has 1 amide bonds. The van der Waals surface area contributed by atoms with Gasteiger partial charge in [-0.1, -0.05) is 6.42 Å². The Kier molecular flexibility index (Phi) is 6.11. The molecule has 1 aromatic heterocycles. The average Bonchev–Trinajstić information content (AvgIpc) is 2.77. The summed E-state index contributed by atoms with van der Waals surface area (Å²) in [4.78, 5) is 11.6. The molecule has 0 aliphatic heterocycles. The van der Waals surface area contributed by atoms with Crippen LogP contribution in [-0.2, 0) is 4.79 Å². The average molecular weight is 240 g/mol.